The molecule has 1 aliphatic carbocycles. The van der Waals surface area contributed by atoms with Gasteiger partial charge in [0.1, 0.15) is 5.82 Å². The molecular formula is C17H22FN3. The van der Waals surface area contributed by atoms with Gasteiger partial charge in [-0.05, 0) is 50.5 Å². The van der Waals surface area contributed by atoms with Gasteiger partial charge in [0.05, 0.1) is 11.4 Å². The van der Waals surface area contributed by atoms with Gasteiger partial charge in [-0.1, -0.05) is 19.3 Å². The highest BCUT2D eigenvalue weighted by atomic mass is 19.1. The molecule has 0 amide bonds. The number of imidazole rings is 1. The van der Waals surface area contributed by atoms with E-state index in [-0.39, 0.29) is 5.82 Å². The molecule has 3 nitrogen and oxygen atoms in total. The van der Waals surface area contributed by atoms with Crippen molar-refractivity contribution in [1.29, 1.82) is 0 Å². The SMILES string of the molecule is Cc1cc(F)cc(-n2cc(C)nc2NC2CCCCC2)c1. The molecule has 1 saturated carbocycles. The summed E-state index contributed by atoms with van der Waals surface area (Å²) in [5.74, 6) is 0.615. The number of benzene rings is 1. The van der Waals surface area contributed by atoms with Crippen LogP contribution in [0, 0.1) is 19.7 Å². The first-order valence-corrected chi connectivity index (χ1v) is 7.72. The van der Waals surface area contributed by atoms with E-state index in [1.165, 1.54) is 32.1 Å². The number of aromatic nitrogens is 2. The Morgan fingerprint density at radius 1 is 1.14 bits per heavy atom. The van der Waals surface area contributed by atoms with Crippen molar-refractivity contribution in [1.82, 2.24) is 9.55 Å². The lowest BCUT2D eigenvalue weighted by Gasteiger charge is -2.23. The standard InChI is InChI=1S/C17H22FN3/c1-12-8-14(18)10-16(9-12)21-11-13(2)19-17(21)20-15-6-4-3-5-7-15/h8-11,15H,3-7H2,1-2H3,(H,19,20). The second-order valence-electron chi connectivity index (χ2n) is 6.04. The smallest absolute Gasteiger partial charge is 0.207 e. The molecule has 112 valence electrons. The maximum Gasteiger partial charge on any atom is 0.207 e. The van der Waals surface area contributed by atoms with Gasteiger partial charge in [0, 0.05) is 12.2 Å². The van der Waals surface area contributed by atoms with Crippen LogP contribution in [0.1, 0.15) is 43.4 Å². The molecule has 4 heteroatoms. The van der Waals surface area contributed by atoms with Crippen LogP contribution in [-0.2, 0) is 0 Å². The minimum atomic E-state index is -0.208. The van der Waals surface area contributed by atoms with Gasteiger partial charge in [-0.15, -0.1) is 0 Å². The van der Waals surface area contributed by atoms with Crippen molar-refractivity contribution in [3.63, 3.8) is 0 Å². The van der Waals surface area contributed by atoms with Gasteiger partial charge in [0.15, 0.2) is 0 Å². The van der Waals surface area contributed by atoms with Crippen LogP contribution >= 0.6 is 0 Å². The molecule has 0 unspecified atom stereocenters. The highest BCUT2D eigenvalue weighted by Gasteiger charge is 2.16. The summed E-state index contributed by atoms with van der Waals surface area (Å²) in [4.78, 5) is 4.57. The number of nitrogens with zero attached hydrogens (tertiary/aromatic N) is 2. The van der Waals surface area contributed by atoms with E-state index in [0.717, 1.165) is 22.9 Å². The van der Waals surface area contributed by atoms with Gasteiger partial charge >= 0.3 is 0 Å². The monoisotopic (exact) mass is 287 g/mol. The van der Waals surface area contributed by atoms with Crippen LogP contribution in [0.25, 0.3) is 5.69 Å². The normalized spacial score (nSPS) is 16.1. The number of aryl methyl sites for hydroxylation is 2. The molecule has 0 spiro atoms. The second kappa shape index (κ2) is 5.88. The number of halogens is 1. The summed E-state index contributed by atoms with van der Waals surface area (Å²) in [6.45, 7) is 3.87. The van der Waals surface area contributed by atoms with Gasteiger partial charge in [-0.3, -0.25) is 4.57 Å². The summed E-state index contributed by atoms with van der Waals surface area (Å²) in [5, 5.41) is 3.54. The van der Waals surface area contributed by atoms with E-state index in [1.807, 2.05) is 30.7 Å². The number of hydrogen-bond donors (Lipinski definition) is 1. The number of nitrogens with one attached hydrogen (secondary N) is 1. The van der Waals surface area contributed by atoms with Crippen molar-refractivity contribution in [2.24, 2.45) is 0 Å². The lowest BCUT2D eigenvalue weighted by Crippen LogP contribution is -2.24. The predicted octanol–water partition coefficient (Wildman–Crippen LogP) is 4.37. The molecule has 3 rings (SSSR count). The Balaban J connectivity index is 1.91. The first kappa shape index (κ1) is 14.1. The zero-order valence-electron chi connectivity index (χ0n) is 12.7. The fourth-order valence-electron chi connectivity index (χ4n) is 3.08. The molecule has 0 radical (unpaired) electrons. The number of hydrogen-bond acceptors (Lipinski definition) is 2. The highest BCUT2D eigenvalue weighted by Crippen LogP contribution is 2.24. The molecule has 0 saturated heterocycles. The van der Waals surface area contributed by atoms with Crippen molar-refractivity contribution in [2.45, 2.75) is 52.0 Å². The molecular weight excluding hydrogens is 265 g/mol. The molecule has 1 heterocycles. The molecule has 1 aromatic carbocycles. The summed E-state index contributed by atoms with van der Waals surface area (Å²) >= 11 is 0. The molecule has 1 fully saturated rings. The molecule has 1 aromatic heterocycles. The topological polar surface area (TPSA) is 29.9 Å². The van der Waals surface area contributed by atoms with Crippen molar-refractivity contribution in [3.05, 3.63) is 41.5 Å². The van der Waals surface area contributed by atoms with E-state index in [2.05, 4.69) is 10.3 Å². The van der Waals surface area contributed by atoms with Crippen LogP contribution in [0.2, 0.25) is 0 Å². The molecule has 2 aromatic rings. The van der Waals surface area contributed by atoms with Crippen LogP contribution in [-0.4, -0.2) is 15.6 Å². The van der Waals surface area contributed by atoms with E-state index in [0.29, 0.717) is 6.04 Å². The van der Waals surface area contributed by atoms with E-state index < -0.39 is 0 Å². The quantitative estimate of drug-likeness (QED) is 0.908. The summed E-state index contributed by atoms with van der Waals surface area (Å²) in [6.07, 6.45) is 8.21. The Bertz CT molecular complexity index is 607. The molecule has 0 aliphatic heterocycles. The molecule has 1 aliphatic rings. The highest BCUT2D eigenvalue weighted by molar-refractivity contribution is 5.45. The molecule has 0 atom stereocenters. The van der Waals surface area contributed by atoms with Crippen molar-refractivity contribution >= 4 is 5.95 Å². The summed E-state index contributed by atoms with van der Waals surface area (Å²) < 4.78 is 15.6. The van der Waals surface area contributed by atoms with Crippen LogP contribution in [0.4, 0.5) is 10.3 Å². The predicted molar refractivity (Wildman–Crippen MR) is 83.5 cm³/mol. The fraction of sp³-hybridized carbons (Fsp3) is 0.471. The third-order valence-corrected chi connectivity index (χ3v) is 4.07. The lowest BCUT2D eigenvalue weighted by molar-refractivity contribution is 0.460. The van der Waals surface area contributed by atoms with E-state index in [9.17, 15) is 4.39 Å². The fourth-order valence-corrected chi connectivity index (χ4v) is 3.08. The Hall–Kier alpha value is -1.84. The third-order valence-electron chi connectivity index (χ3n) is 4.07. The molecule has 21 heavy (non-hydrogen) atoms. The van der Waals surface area contributed by atoms with Crippen molar-refractivity contribution in [2.75, 3.05) is 5.32 Å². The number of anilines is 1. The minimum absolute atomic E-state index is 0.208. The van der Waals surface area contributed by atoms with Crippen LogP contribution in [0.3, 0.4) is 0 Å². The zero-order valence-corrected chi connectivity index (χ0v) is 12.7. The van der Waals surface area contributed by atoms with Gasteiger partial charge in [-0.25, -0.2) is 9.37 Å². The lowest BCUT2D eigenvalue weighted by atomic mass is 9.96. The Morgan fingerprint density at radius 2 is 1.90 bits per heavy atom. The number of rotatable bonds is 3. The van der Waals surface area contributed by atoms with E-state index in [1.54, 1.807) is 12.1 Å². The maximum absolute atomic E-state index is 13.7. The molecule has 0 bridgehead atoms. The van der Waals surface area contributed by atoms with E-state index in [4.69, 9.17) is 0 Å². The Labute approximate surface area is 125 Å². The average molecular weight is 287 g/mol. The Morgan fingerprint density at radius 3 is 2.62 bits per heavy atom. The van der Waals surface area contributed by atoms with Crippen LogP contribution in [0.15, 0.2) is 24.4 Å². The summed E-state index contributed by atoms with van der Waals surface area (Å²) in [6, 6.07) is 5.56. The summed E-state index contributed by atoms with van der Waals surface area (Å²) in [5.41, 5.74) is 2.68. The van der Waals surface area contributed by atoms with E-state index >= 15 is 0 Å². The minimum Gasteiger partial charge on any atom is -0.353 e. The van der Waals surface area contributed by atoms with Gasteiger partial charge in [0.2, 0.25) is 5.95 Å². The van der Waals surface area contributed by atoms with Gasteiger partial charge in [0.25, 0.3) is 0 Å². The first-order chi connectivity index (χ1) is 10.1. The largest absolute Gasteiger partial charge is 0.353 e. The van der Waals surface area contributed by atoms with Gasteiger partial charge < -0.3 is 5.32 Å². The molecule has 1 N–H and O–H groups in total. The third kappa shape index (κ3) is 3.26. The first-order valence-electron chi connectivity index (χ1n) is 7.72. The average Bonchev–Trinajstić information content (AvgIpc) is 2.80. The maximum atomic E-state index is 13.7. The summed E-state index contributed by atoms with van der Waals surface area (Å²) in [7, 11) is 0. The van der Waals surface area contributed by atoms with Crippen LogP contribution in [0.5, 0.6) is 0 Å². The zero-order chi connectivity index (χ0) is 14.8. The Kier molecular flexibility index (Phi) is 3.95. The van der Waals surface area contributed by atoms with Crippen molar-refractivity contribution in [3.8, 4) is 5.69 Å². The second-order valence-corrected chi connectivity index (χ2v) is 6.04. The van der Waals surface area contributed by atoms with Crippen molar-refractivity contribution < 1.29 is 4.39 Å². The van der Waals surface area contributed by atoms with Gasteiger partial charge in [-0.2, -0.15) is 0 Å². The van der Waals surface area contributed by atoms with Crippen LogP contribution < -0.4 is 5.32 Å².